The number of carbonyl (C=O) groups excluding carboxylic acids is 2. The third-order valence-electron chi connectivity index (χ3n) is 1.91. The fourth-order valence-corrected chi connectivity index (χ4v) is 1.18. The molecule has 4 heteroatoms. The Kier molecular flexibility index (Phi) is 3.01. The Hall–Kier alpha value is -1.38. The number of rotatable bonds is 3. The second-order valence-electron chi connectivity index (χ2n) is 2.68. The zero-order valence-electron chi connectivity index (χ0n) is 7.45. The Morgan fingerprint density at radius 1 is 1.77 bits per heavy atom. The molecule has 0 saturated carbocycles. The van der Waals surface area contributed by atoms with Crippen LogP contribution < -0.4 is 0 Å². The topological polar surface area (TPSA) is 46.6 Å². The second kappa shape index (κ2) is 4.03. The van der Waals surface area contributed by atoms with E-state index in [2.05, 4.69) is 12.3 Å². The first-order chi connectivity index (χ1) is 6.20. The van der Waals surface area contributed by atoms with Gasteiger partial charge in [-0.2, -0.15) is 0 Å². The van der Waals surface area contributed by atoms with Gasteiger partial charge in [0.2, 0.25) is 5.91 Å². The van der Waals surface area contributed by atoms with Gasteiger partial charge in [-0.1, -0.05) is 6.58 Å². The van der Waals surface area contributed by atoms with Crippen LogP contribution in [0, 0.1) is 0 Å². The minimum atomic E-state index is -0.606. The fraction of sp³-hybridized carbons (Fsp3) is 0.444. The summed E-state index contributed by atoms with van der Waals surface area (Å²) in [5.74, 6) is -0.484. The van der Waals surface area contributed by atoms with Crippen LogP contribution in [0.5, 0.6) is 0 Å². The predicted molar refractivity (Wildman–Crippen MR) is 45.8 cm³/mol. The van der Waals surface area contributed by atoms with Gasteiger partial charge in [-0.15, -0.1) is 5.73 Å². The highest BCUT2D eigenvalue weighted by atomic mass is 16.5. The lowest BCUT2D eigenvalue weighted by molar-refractivity contribution is -0.140. The third-order valence-corrected chi connectivity index (χ3v) is 1.91. The predicted octanol–water partition coefficient (Wildman–Crippen LogP) is 0.101. The molecule has 1 aliphatic heterocycles. The Morgan fingerprint density at radius 3 is 2.92 bits per heavy atom. The van der Waals surface area contributed by atoms with Crippen molar-refractivity contribution in [2.45, 2.75) is 12.5 Å². The first kappa shape index (κ1) is 9.71. The summed E-state index contributed by atoms with van der Waals surface area (Å²) in [4.78, 5) is 23.7. The molecule has 1 rings (SSSR count). The molecule has 70 valence electrons. The van der Waals surface area contributed by atoms with Crippen molar-refractivity contribution in [3.63, 3.8) is 0 Å². The Bertz CT molecular complexity index is 279. The number of hydrogen-bond acceptors (Lipinski definition) is 3. The van der Waals surface area contributed by atoms with Gasteiger partial charge in [0.05, 0.1) is 13.0 Å². The van der Waals surface area contributed by atoms with E-state index in [1.54, 1.807) is 0 Å². The summed E-state index contributed by atoms with van der Waals surface area (Å²) < 4.78 is 4.84. The number of likely N-dealkylation sites (tertiary alicyclic amines) is 1. The van der Waals surface area contributed by atoms with Crippen LogP contribution in [0.1, 0.15) is 6.42 Å². The van der Waals surface area contributed by atoms with Gasteiger partial charge in [0.1, 0.15) is 6.10 Å². The fourth-order valence-electron chi connectivity index (χ4n) is 1.18. The Morgan fingerprint density at radius 2 is 2.46 bits per heavy atom. The van der Waals surface area contributed by atoms with Crippen LogP contribution in [0.4, 0.5) is 0 Å². The van der Waals surface area contributed by atoms with Gasteiger partial charge in [-0.05, 0) is 6.08 Å². The molecule has 0 aromatic rings. The molecule has 0 aromatic carbocycles. The van der Waals surface area contributed by atoms with Crippen LogP contribution in [-0.4, -0.2) is 36.5 Å². The molecule has 0 aliphatic carbocycles. The summed E-state index contributed by atoms with van der Waals surface area (Å²) in [5, 5.41) is 0. The van der Waals surface area contributed by atoms with Crippen molar-refractivity contribution < 1.29 is 14.3 Å². The number of methoxy groups -OCH3 is 1. The van der Waals surface area contributed by atoms with E-state index in [0.717, 1.165) is 4.90 Å². The standard InChI is InChI=1S/C9H11NO3/c1-3-4-5-10-8(11)6-7(13-2)9(10)12/h4,7H,1,5-6H2,2H3. The molecule has 1 aliphatic rings. The molecule has 1 saturated heterocycles. The minimum Gasteiger partial charge on any atom is -0.371 e. The van der Waals surface area contributed by atoms with Gasteiger partial charge < -0.3 is 4.74 Å². The first-order valence-electron chi connectivity index (χ1n) is 3.92. The molecular weight excluding hydrogens is 170 g/mol. The lowest BCUT2D eigenvalue weighted by Gasteiger charge is -2.10. The minimum absolute atomic E-state index is 0.139. The van der Waals surface area contributed by atoms with Gasteiger partial charge in [-0.3, -0.25) is 14.5 Å². The summed E-state index contributed by atoms with van der Waals surface area (Å²) in [6, 6.07) is 0. The molecule has 0 N–H and O–H groups in total. The quantitative estimate of drug-likeness (QED) is 0.458. The molecule has 0 bridgehead atoms. The molecular formula is C9H11NO3. The Labute approximate surface area is 76.5 Å². The molecule has 0 radical (unpaired) electrons. The maximum absolute atomic E-state index is 11.4. The largest absolute Gasteiger partial charge is 0.371 e. The van der Waals surface area contributed by atoms with Crippen molar-refractivity contribution in [1.29, 1.82) is 0 Å². The van der Waals surface area contributed by atoms with Crippen LogP contribution in [0.25, 0.3) is 0 Å². The zero-order chi connectivity index (χ0) is 9.84. The van der Waals surface area contributed by atoms with Crippen LogP contribution in [0.15, 0.2) is 18.4 Å². The van der Waals surface area contributed by atoms with Crippen molar-refractivity contribution in [1.82, 2.24) is 4.90 Å². The molecule has 13 heavy (non-hydrogen) atoms. The average Bonchev–Trinajstić information content (AvgIpc) is 2.39. The van der Waals surface area contributed by atoms with Gasteiger partial charge in [-0.25, -0.2) is 0 Å². The maximum Gasteiger partial charge on any atom is 0.259 e. The zero-order valence-corrected chi connectivity index (χ0v) is 7.45. The van der Waals surface area contributed by atoms with Crippen LogP contribution >= 0.6 is 0 Å². The number of imide groups is 1. The number of amides is 2. The number of hydrogen-bond donors (Lipinski definition) is 0. The molecule has 1 unspecified atom stereocenters. The van der Waals surface area contributed by atoms with Crippen molar-refractivity contribution in [2.24, 2.45) is 0 Å². The lowest BCUT2D eigenvalue weighted by Crippen LogP contribution is -2.32. The number of ether oxygens (including phenoxy) is 1. The summed E-state index contributed by atoms with van der Waals surface area (Å²) in [5.41, 5.74) is 2.51. The summed E-state index contributed by atoms with van der Waals surface area (Å²) in [6.45, 7) is 3.59. The van der Waals surface area contributed by atoms with Crippen LogP contribution in [-0.2, 0) is 14.3 Å². The van der Waals surface area contributed by atoms with E-state index >= 15 is 0 Å². The first-order valence-corrected chi connectivity index (χ1v) is 3.92. The van der Waals surface area contributed by atoms with E-state index < -0.39 is 6.10 Å². The SMILES string of the molecule is C=C=CCN1C(=O)CC(OC)C1=O. The highest BCUT2D eigenvalue weighted by Gasteiger charge is 2.37. The third kappa shape index (κ3) is 1.86. The average molecular weight is 181 g/mol. The van der Waals surface area contributed by atoms with Crippen molar-refractivity contribution in [2.75, 3.05) is 13.7 Å². The molecule has 4 nitrogen and oxygen atoms in total. The van der Waals surface area contributed by atoms with E-state index in [9.17, 15) is 9.59 Å². The van der Waals surface area contributed by atoms with E-state index in [1.807, 2.05) is 0 Å². The van der Waals surface area contributed by atoms with E-state index in [0.29, 0.717) is 0 Å². The second-order valence-corrected chi connectivity index (χ2v) is 2.68. The molecule has 0 spiro atoms. The van der Waals surface area contributed by atoms with Crippen LogP contribution in [0.2, 0.25) is 0 Å². The molecule has 1 atom stereocenters. The number of nitrogens with zero attached hydrogens (tertiary/aromatic N) is 1. The van der Waals surface area contributed by atoms with Gasteiger partial charge >= 0.3 is 0 Å². The normalized spacial score (nSPS) is 21.9. The van der Waals surface area contributed by atoms with Gasteiger partial charge in [0.25, 0.3) is 5.91 Å². The highest BCUT2D eigenvalue weighted by Crippen LogP contribution is 2.14. The van der Waals surface area contributed by atoms with E-state index in [-0.39, 0.29) is 24.8 Å². The smallest absolute Gasteiger partial charge is 0.259 e. The molecule has 1 fully saturated rings. The van der Waals surface area contributed by atoms with Crippen molar-refractivity contribution in [3.8, 4) is 0 Å². The monoisotopic (exact) mass is 181 g/mol. The Balaban J connectivity index is 2.69. The van der Waals surface area contributed by atoms with Crippen LogP contribution in [0.3, 0.4) is 0 Å². The van der Waals surface area contributed by atoms with E-state index in [1.165, 1.54) is 13.2 Å². The summed E-state index contributed by atoms with van der Waals surface area (Å²) in [6.07, 6.45) is 1.07. The lowest BCUT2D eigenvalue weighted by atomic mass is 10.3. The molecule has 0 aromatic heterocycles. The maximum atomic E-state index is 11.4. The van der Waals surface area contributed by atoms with Gasteiger partial charge in [0.15, 0.2) is 0 Å². The summed E-state index contributed by atoms with van der Waals surface area (Å²) in [7, 11) is 1.42. The molecule has 2 amide bonds. The number of carbonyl (C=O) groups is 2. The summed E-state index contributed by atoms with van der Waals surface area (Å²) >= 11 is 0. The van der Waals surface area contributed by atoms with Crippen molar-refractivity contribution >= 4 is 11.8 Å². The van der Waals surface area contributed by atoms with Gasteiger partial charge in [0, 0.05) is 7.11 Å². The highest BCUT2D eigenvalue weighted by molar-refractivity contribution is 6.05. The van der Waals surface area contributed by atoms with E-state index in [4.69, 9.17) is 4.74 Å². The molecule has 1 heterocycles. The van der Waals surface area contributed by atoms with Crippen molar-refractivity contribution in [3.05, 3.63) is 18.4 Å².